The van der Waals surface area contributed by atoms with Crippen molar-refractivity contribution in [2.24, 2.45) is 0 Å². The molecular weight excluding hydrogens is 190 g/mol. The van der Waals surface area contributed by atoms with E-state index in [1.54, 1.807) is 13.0 Å². The Labute approximate surface area is 79.9 Å². The Bertz CT molecular complexity index is 236. The summed E-state index contributed by atoms with van der Waals surface area (Å²) in [4.78, 5) is 0. The summed E-state index contributed by atoms with van der Waals surface area (Å²) >= 11 is 0. The van der Waals surface area contributed by atoms with Gasteiger partial charge in [0.05, 0.1) is 12.4 Å². The second-order valence-corrected chi connectivity index (χ2v) is 4.70. The maximum atomic E-state index is 11.5. The molecule has 0 heterocycles. The van der Waals surface area contributed by atoms with Gasteiger partial charge in [-0.1, -0.05) is 13.0 Å². The van der Waals surface area contributed by atoms with Gasteiger partial charge in [-0.05, 0) is 6.42 Å². The summed E-state index contributed by atoms with van der Waals surface area (Å²) in [6, 6.07) is 0. The van der Waals surface area contributed by atoms with E-state index in [9.17, 15) is 8.42 Å². The van der Waals surface area contributed by atoms with Gasteiger partial charge in [0.25, 0.3) is 0 Å². The van der Waals surface area contributed by atoms with Crippen molar-refractivity contribution in [1.29, 1.82) is 0 Å². The van der Waals surface area contributed by atoms with Crippen molar-refractivity contribution in [2.75, 3.05) is 25.4 Å². The minimum Gasteiger partial charge on any atom is -0.395 e. The van der Waals surface area contributed by atoms with Crippen LogP contribution in [0.25, 0.3) is 0 Å². The van der Waals surface area contributed by atoms with Gasteiger partial charge in [-0.3, -0.25) is 0 Å². The molecule has 0 aromatic heterocycles. The third-order valence-corrected chi connectivity index (χ3v) is 3.65. The number of aliphatic hydroxyl groups is 1. The van der Waals surface area contributed by atoms with Crippen LogP contribution in [0.3, 0.4) is 0 Å². The first-order valence-corrected chi connectivity index (χ1v) is 5.89. The zero-order valence-electron chi connectivity index (χ0n) is 7.94. The Morgan fingerprint density at radius 3 is 2.54 bits per heavy atom. The van der Waals surface area contributed by atoms with Gasteiger partial charge in [-0.15, -0.1) is 6.58 Å². The van der Waals surface area contributed by atoms with E-state index < -0.39 is 10.0 Å². The maximum Gasteiger partial charge on any atom is 0.214 e. The van der Waals surface area contributed by atoms with E-state index >= 15 is 0 Å². The quantitative estimate of drug-likeness (QED) is 0.607. The number of nitrogens with zero attached hydrogens (tertiary/aromatic N) is 1. The first kappa shape index (κ1) is 12.6. The van der Waals surface area contributed by atoms with E-state index in [0.717, 1.165) is 0 Å². The van der Waals surface area contributed by atoms with Crippen molar-refractivity contribution in [1.82, 2.24) is 4.31 Å². The number of hydrogen-bond donors (Lipinski definition) is 1. The molecule has 0 aromatic carbocycles. The molecule has 0 unspecified atom stereocenters. The molecule has 0 saturated carbocycles. The molecule has 0 spiro atoms. The van der Waals surface area contributed by atoms with Crippen molar-refractivity contribution in [3.63, 3.8) is 0 Å². The molecule has 0 saturated heterocycles. The number of sulfonamides is 1. The highest BCUT2D eigenvalue weighted by atomic mass is 32.2. The molecule has 0 radical (unpaired) electrons. The summed E-state index contributed by atoms with van der Waals surface area (Å²) in [6.45, 7) is 5.66. The van der Waals surface area contributed by atoms with Crippen LogP contribution < -0.4 is 0 Å². The Hall–Kier alpha value is -0.390. The van der Waals surface area contributed by atoms with Crippen molar-refractivity contribution < 1.29 is 13.5 Å². The fourth-order valence-corrected chi connectivity index (χ4v) is 2.44. The van der Waals surface area contributed by atoms with Crippen molar-refractivity contribution >= 4 is 10.0 Å². The third kappa shape index (κ3) is 4.40. The standard InChI is InChI=1S/C8H17NO3S/c1-3-5-8-13(11,12)9(4-2)6-7-10/h3,10H,1,4-8H2,2H3. The SMILES string of the molecule is C=CCCS(=O)(=O)N(CC)CCO. The molecule has 78 valence electrons. The predicted octanol–water partition coefficient (Wildman–Crippen LogP) is 0.207. The van der Waals surface area contributed by atoms with Gasteiger partial charge < -0.3 is 5.11 Å². The minimum absolute atomic E-state index is 0.0737. The molecule has 0 bridgehead atoms. The average molecular weight is 207 g/mol. The Kier molecular flexibility index (Phi) is 5.94. The lowest BCUT2D eigenvalue weighted by atomic mass is 10.5. The van der Waals surface area contributed by atoms with Gasteiger partial charge in [0.1, 0.15) is 0 Å². The molecule has 0 aliphatic carbocycles. The third-order valence-electron chi connectivity index (χ3n) is 1.68. The van der Waals surface area contributed by atoms with Gasteiger partial charge >= 0.3 is 0 Å². The van der Waals surface area contributed by atoms with Crippen LogP contribution in [0.4, 0.5) is 0 Å². The Morgan fingerprint density at radius 1 is 1.54 bits per heavy atom. The normalized spacial score (nSPS) is 11.9. The van der Waals surface area contributed by atoms with Crippen LogP contribution in [0.2, 0.25) is 0 Å². The highest BCUT2D eigenvalue weighted by Crippen LogP contribution is 2.02. The van der Waals surface area contributed by atoms with Gasteiger partial charge in [-0.2, -0.15) is 4.31 Å². The zero-order valence-corrected chi connectivity index (χ0v) is 8.76. The topological polar surface area (TPSA) is 57.6 Å². The van der Waals surface area contributed by atoms with Crippen molar-refractivity contribution in [2.45, 2.75) is 13.3 Å². The van der Waals surface area contributed by atoms with Crippen LogP contribution in [0.5, 0.6) is 0 Å². The number of hydrogen-bond acceptors (Lipinski definition) is 3. The molecule has 0 fully saturated rings. The molecule has 1 N–H and O–H groups in total. The highest BCUT2D eigenvalue weighted by molar-refractivity contribution is 7.89. The average Bonchev–Trinajstić information content (AvgIpc) is 2.10. The lowest BCUT2D eigenvalue weighted by Crippen LogP contribution is -2.35. The lowest BCUT2D eigenvalue weighted by Gasteiger charge is -2.18. The summed E-state index contributed by atoms with van der Waals surface area (Å²) in [5, 5.41) is 8.63. The molecule has 5 heteroatoms. The fraction of sp³-hybridized carbons (Fsp3) is 0.750. The highest BCUT2D eigenvalue weighted by Gasteiger charge is 2.18. The first-order chi connectivity index (χ1) is 6.08. The minimum atomic E-state index is -3.19. The van der Waals surface area contributed by atoms with Crippen LogP contribution in [-0.4, -0.2) is 43.3 Å². The molecular formula is C8H17NO3S. The smallest absolute Gasteiger partial charge is 0.214 e. The second-order valence-electron chi connectivity index (χ2n) is 2.61. The number of aliphatic hydroxyl groups excluding tert-OH is 1. The van der Waals surface area contributed by atoms with Crippen LogP contribution >= 0.6 is 0 Å². The largest absolute Gasteiger partial charge is 0.395 e. The van der Waals surface area contributed by atoms with Crippen LogP contribution in [0.15, 0.2) is 12.7 Å². The van der Waals surface area contributed by atoms with E-state index in [1.165, 1.54) is 4.31 Å². The van der Waals surface area contributed by atoms with E-state index in [0.29, 0.717) is 13.0 Å². The van der Waals surface area contributed by atoms with Crippen molar-refractivity contribution in [3.8, 4) is 0 Å². The number of allylic oxidation sites excluding steroid dienone is 1. The van der Waals surface area contributed by atoms with E-state index in [-0.39, 0.29) is 18.9 Å². The first-order valence-electron chi connectivity index (χ1n) is 4.28. The second kappa shape index (κ2) is 6.12. The van der Waals surface area contributed by atoms with Gasteiger partial charge in [0, 0.05) is 13.1 Å². The Morgan fingerprint density at radius 2 is 2.15 bits per heavy atom. The van der Waals surface area contributed by atoms with Crippen LogP contribution in [-0.2, 0) is 10.0 Å². The summed E-state index contributed by atoms with van der Waals surface area (Å²) < 4.78 is 24.2. The van der Waals surface area contributed by atoms with Crippen LogP contribution in [0.1, 0.15) is 13.3 Å². The fourth-order valence-electron chi connectivity index (χ4n) is 0.967. The molecule has 0 amide bonds. The summed E-state index contributed by atoms with van der Waals surface area (Å²) in [6.07, 6.45) is 2.02. The Balaban J connectivity index is 4.29. The van der Waals surface area contributed by atoms with E-state index in [2.05, 4.69) is 6.58 Å². The van der Waals surface area contributed by atoms with E-state index in [4.69, 9.17) is 5.11 Å². The van der Waals surface area contributed by atoms with Gasteiger partial charge in [0.2, 0.25) is 10.0 Å². The maximum absolute atomic E-state index is 11.5. The zero-order chi connectivity index (χ0) is 10.3. The molecule has 0 aliphatic heterocycles. The monoisotopic (exact) mass is 207 g/mol. The van der Waals surface area contributed by atoms with Gasteiger partial charge in [0.15, 0.2) is 0 Å². The molecule has 0 aromatic rings. The predicted molar refractivity (Wildman–Crippen MR) is 52.9 cm³/mol. The number of likely N-dealkylation sites (N-methyl/N-ethyl adjacent to an activating group) is 1. The summed E-state index contributed by atoms with van der Waals surface area (Å²) in [5.41, 5.74) is 0. The molecule has 0 aliphatic rings. The van der Waals surface area contributed by atoms with Crippen LogP contribution in [0, 0.1) is 0 Å². The lowest BCUT2D eigenvalue weighted by molar-refractivity contribution is 0.257. The van der Waals surface area contributed by atoms with Gasteiger partial charge in [-0.25, -0.2) is 8.42 Å². The van der Waals surface area contributed by atoms with E-state index in [1.807, 2.05) is 0 Å². The summed E-state index contributed by atoms with van der Waals surface area (Å²) in [5.74, 6) is 0.0737. The number of rotatable bonds is 7. The molecule has 0 rings (SSSR count). The molecule has 0 atom stereocenters. The molecule has 13 heavy (non-hydrogen) atoms. The van der Waals surface area contributed by atoms with Crippen molar-refractivity contribution in [3.05, 3.63) is 12.7 Å². The molecule has 4 nitrogen and oxygen atoms in total. The summed E-state index contributed by atoms with van der Waals surface area (Å²) in [7, 11) is -3.19.